The van der Waals surface area contributed by atoms with Crippen molar-refractivity contribution in [3.05, 3.63) is 88.5 Å². The number of nitrogens with zero attached hydrogens (tertiary/aromatic N) is 4. The molecule has 0 spiro atoms. The van der Waals surface area contributed by atoms with Crippen LogP contribution < -0.4 is 14.2 Å². The number of carbonyl (C=O) groups is 2. The van der Waals surface area contributed by atoms with E-state index >= 15 is 0 Å². The van der Waals surface area contributed by atoms with Gasteiger partial charge in [-0.3, -0.25) is 14.5 Å². The smallest absolute Gasteiger partial charge is 0.262 e. The van der Waals surface area contributed by atoms with Gasteiger partial charge in [0.05, 0.1) is 46.3 Å². The molecule has 2 aliphatic rings. The molecule has 3 aromatic rings. The summed E-state index contributed by atoms with van der Waals surface area (Å²) < 4.78 is 21.8. The van der Waals surface area contributed by atoms with E-state index in [0.29, 0.717) is 55.5 Å². The second kappa shape index (κ2) is 14.6. The molecule has 238 valence electrons. The van der Waals surface area contributed by atoms with Crippen LogP contribution in [0.15, 0.2) is 65.8 Å². The number of rotatable bonds is 11. The SMILES string of the molecule is COc1ccc(C(=O)N(CCN2CCOCC2)CC(=O)N2N=C(c3ccc(C)c(C)c3)CC2c2ccc(OC)c(OC)c2)cc1. The van der Waals surface area contributed by atoms with Crippen molar-refractivity contribution in [3.8, 4) is 17.2 Å². The normalized spacial score (nSPS) is 16.7. The molecular formula is C35H42N4O6. The summed E-state index contributed by atoms with van der Waals surface area (Å²) in [5.41, 5.74) is 5.48. The lowest BCUT2D eigenvalue weighted by Gasteiger charge is -2.31. The number of ether oxygens (including phenoxy) is 4. The lowest BCUT2D eigenvalue weighted by Crippen LogP contribution is -2.46. The zero-order valence-electron chi connectivity index (χ0n) is 26.7. The Kier molecular flexibility index (Phi) is 10.4. The fraction of sp³-hybridized carbons (Fsp3) is 0.400. The topological polar surface area (TPSA) is 93.1 Å². The molecule has 1 atom stereocenters. The van der Waals surface area contributed by atoms with Crippen molar-refractivity contribution in [3.63, 3.8) is 0 Å². The van der Waals surface area contributed by atoms with Crippen LogP contribution in [0.25, 0.3) is 0 Å². The lowest BCUT2D eigenvalue weighted by atomic mass is 9.96. The Balaban J connectivity index is 1.45. The van der Waals surface area contributed by atoms with Gasteiger partial charge in [0.25, 0.3) is 11.8 Å². The van der Waals surface area contributed by atoms with E-state index in [-0.39, 0.29) is 24.4 Å². The van der Waals surface area contributed by atoms with Crippen LogP contribution in [0.3, 0.4) is 0 Å². The highest BCUT2D eigenvalue weighted by Gasteiger charge is 2.35. The van der Waals surface area contributed by atoms with E-state index in [2.05, 4.69) is 30.9 Å². The molecule has 1 fully saturated rings. The molecule has 0 bridgehead atoms. The van der Waals surface area contributed by atoms with Gasteiger partial charge in [-0.15, -0.1) is 0 Å². The zero-order chi connectivity index (χ0) is 31.9. The summed E-state index contributed by atoms with van der Waals surface area (Å²) in [7, 11) is 4.77. The van der Waals surface area contributed by atoms with Gasteiger partial charge in [0.2, 0.25) is 0 Å². The first-order valence-corrected chi connectivity index (χ1v) is 15.2. The molecule has 0 aromatic heterocycles. The molecule has 0 aliphatic carbocycles. The summed E-state index contributed by atoms with van der Waals surface area (Å²) >= 11 is 0. The number of amides is 2. The first-order valence-electron chi connectivity index (χ1n) is 15.2. The van der Waals surface area contributed by atoms with Gasteiger partial charge in [-0.25, -0.2) is 5.01 Å². The summed E-state index contributed by atoms with van der Waals surface area (Å²) in [5, 5.41) is 6.43. The molecule has 0 radical (unpaired) electrons. The van der Waals surface area contributed by atoms with Crippen LogP contribution in [0.5, 0.6) is 17.2 Å². The van der Waals surface area contributed by atoms with Crippen LogP contribution >= 0.6 is 0 Å². The minimum atomic E-state index is -0.383. The zero-order valence-corrected chi connectivity index (χ0v) is 26.7. The first kappa shape index (κ1) is 32.0. The fourth-order valence-corrected chi connectivity index (χ4v) is 5.65. The van der Waals surface area contributed by atoms with Crippen LogP contribution in [0.2, 0.25) is 0 Å². The predicted molar refractivity (Wildman–Crippen MR) is 172 cm³/mol. The Bertz CT molecular complexity index is 1530. The standard InChI is InChI=1S/C35H42N4O6/c1-24-6-7-27(20-25(24)2)30-22-31(28-10-13-32(43-4)33(21-28)44-5)39(36-30)34(40)23-38(15-14-37-16-18-45-19-17-37)35(41)26-8-11-29(42-3)12-9-26/h6-13,20-21,31H,14-19,22-23H2,1-5H3. The summed E-state index contributed by atoms with van der Waals surface area (Å²) in [5.74, 6) is 1.35. The van der Waals surface area contributed by atoms with E-state index in [4.69, 9.17) is 24.0 Å². The predicted octanol–water partition coefficient (Wildman–Crippen LogP) is 4.48. The Labute approximate surface area is 265 Å². The van der Waals surface area contributed by atoms with Gasteiger partial charge in [-0.05, 0) is 78.6 Å². The molecule has 0 N–H and O–H groups in total. The third kappa shape index (κ3) is 7.46. The maximum Gasteiger partial charge on any atom is 0.262 e. The number of hydrazone groups is 1. The van der Waals surface area contributed by atoms with E-state index in [1.54, 1.807) is 50.5 Å². The Morgan fingerprint density at radius 2 is 1.62 bits per heavy atom. The van der Waals surface area contributed by atoms with Crippen LogP contribution in [0, 0.1) is 13.8 Å². The Morgan fingerprint density at radius 1 is 0.889 bits per heavy atom. The van der Waals surface area contributed by atoms with E-state index in [1.165, 1.54) is 10.6 Å². The monoisotopic (exact) mass is 614 g/mol. The minimum Gasteiger partial charge on any atom is -0.497 e. The van der Waals surface area contributed by atoms with Crippen LogP contribution in [-0.2, 0) is 9.53 Å². The third-order valence-electron chi connectivity index (χ3n) is 8.54. The van der Waals surface area contributed by atoms with Crippen molar-refractivity contribution in [1.29, 1.82) is 0 Å². The largest absolute Gasteiger partial charge is 0.497 e. The van der Waals surface area contributed by atoms with Crippen LogP contribution in [-0.4, -0.2) is 99.6 Å². The van der Waals surface area contributed by atoms with Gasteiger partial charge in [-0.1, -0.05) is 18.2 Å². The highest BCUT2D eigenvalue weighted by molar-refractivity contribution is 6.04. The molecule has 10 nitrogen and oxygen atoms in total. The number of hydrogen-bond acceptors (Lipinski definition) is 8. The van der Waals surface area contributed by atoms with E-state index < -0.39 is 0 Å². The fourth-order valence-electron chi connectivity index (χ4n) is 5.65. The minimum absolute atomic E-state index is 0.122. The van der Waals surface area contributed by atoms with Gasteiger partial charge in [0, 0.05) is 38.2 Å². The van der Waals surface area contributed by atoms with Crippen molar-refractivity contribution >= 4 is 17.5 Å². The highest BCUT2D eigenvalue weighted by Crippen LogP contribution is 2.37. The molecule has 2 aliphatic heterocycles. The quantitative estimate of drug-likeness (QED) is 0.315. The van der Waals surface area contributed by atoms with E-state index in [1.807, 2.05) is 24.3 Å². The average molecular weight is 615 g/mol. The number of aryl methyl sites for hydroxylation is 2. The van der Waals surface area contributed by atoms with Gasteiger partial charge >= 0.3 is 0 Å². The van der Waals surface area contributed by atoms with E-state index in [9.17, 15) is 9.59 Å². The molecule has 5 rings (SSSR count). The van der Waals surface area contributed by atoms with Gasteiger partial charge in [0.1, 0.15) is 12.3 Å². The van der Waals surface area contributed by atoms with E-state index in [0.717, 1.165) is 35.5 Å². The second-order valence-electron chi connectivity index (χ2n) is 11.3. The molecule has 1 saturated heterocycles. The highest BCUT2D eigenvalue weighted by atomic mass is 16.5. The summed E-state index contributed by atoms with van der Waals surface area (Å²) in [6.07, 6.45) is 0.518. The first-order chi connectivity index (χ1) is 21.8. The Morgan fingerprint density at radius 3 is 2.29 bits per heavy atom. The number of benzene rings is 3. The maximum atomic E-state index is 14.2. The van der Waals surface area contributed by atoms with Crippen LogP contribution in [0.1, 0.15) is 45.1 Å². The third-order valence-corrected chi connectivity index (χ3v) is 8.54. The molecule has 2 amide bonds. The van der Waals surface area contributed by atoms with Crippen LogP contribution in [0.4, 0.5) is 0 Å². The van der Waals surface area contributed by atoms with Gasteiger partial charge in [0.15, 0.2) is 11.5 Å². The number of carbonyl (C=O) groups excluding carboxylic acids is 2. The van der Waals surface area contributed by atoms with Crippen molar-refractivity contribution in [2.75, 3.05) is 67.3 Å². The number of methoxy groups -OCH3 is 3. The van der Waals surface area contributed by atoms with Crippen molar-refractivity contribution in [2.45, 2.75) is 26.3 Å². The molecule has 3 aromatic carbocycles. The number of morpholine rings is 1. The maximum absolute atomic E-state index is 14.2. The lowest BCUT2D eigenvalue weighted by molar-refractivity contribution is -0.133. The summed E-state index contributed by atoms with van der Waals surface area (Å²) in [6.45, 7) is 7.93. The van der Waals surface area contributed by atoms with Crippen molar-refractivity contribution in [1.82, 2.24) is 14.8 Å². The molecule has 45 heavy (non-hydrogen) atoms. The second-order valence-corrected chi connectivity index (χ2v) is 11.3. The van der Waals surface area contributed by atoms with Crippen molar-refractivity contribution in [2.24, 2.45) is 5.10 Å². The molecule has 1 unspecified atom stereocenters. The Hall–Kier alpha value is -4.41. The molecule has 10 heteroatoms. The van der Waals surface area contributed by atoms with Gasteiger partial charge < -0.3 is 23.8 Å². The molecule has 2 heterocycles. The van der Waals surface area contributed by atoms with Gasteiger partial charge in [-0.2, -0.15) is 5.10 Å². The molecular weight excluding hydrogens is 572 g/mol. The van der Waals surface area contributed by atoms with Crippen molar-refractivity contribution < 1.29 is 28.5 Å². The summed E-state index contributed by atoms with van der Waals surface area (Å²) in [6, 6.07) is 18.5. The molecule has 0 saturated carbocycles. The summed E-state index contributed by atoms with van der Waals surface area (Å²) in [4.78, 5) is 31.9. The number of hydrogen-bond donors (Lipinski definition) is 0. The average Bonchev–Trinajstić information content (AvgIpc) is 3.53.